The summed E-state index contributed by atoms with van der Waals surface area (Å²) in [6, 6.07) is 6.46. The minimum Gasteiger partial charge on any atom is -0.322 e. The van der Waals surface area contributed by atoms with E-state index in [4.69, 9.17) is 0 Å². The van der Waals surface area contributed by atoms with E-state index in [0.717, 1.165) is 18.3 Å². The smallest absolute Gasteiger partial charge is 0.322 e. The van der Waals surface area contributed by atoms with Crippen LogP contribution in [0.1, 0.15) is 16.1 Å². The summed E-state index contributed by atoms with van der Waals surface area (Å²) in [6.45, 7) is 0. The molecule has 2 heterocycles. The first kappa shape index (κ1) is 14.8. The maximum Gasteiger partial charge on any atom is 0.433 e. The van der Waals surface area contributed by atoms with Crippen LogP contribution in [0.15, 0.2) is 41.3 Å². The highest BCUT2D eigenvalue weighted by Crippen LogP contribution is 2.27. The summed E-state index contributed by atoms with van der Waals surface area (Å²) in [5.41, 5.74) is -0.00312. The van der Waals surface area contributed by atoms with Crippen LogP contribution in [0.4, 0.5) is 18.9 Å². The third kappa shape index (κ3) is 3.07. The number of pyridine rings is 1. The highest BCUT2D eigenvalue weighted by Gasteiger charge is 2.32. The first-order valence-electron chi connectivity index (χ1n) is 6.39. The average molecular weight is 322 g/mol. The molecule has 0 bridgehead atoms. The van der Waals surface area contributed by atoms with Gasteiger partial charge < -0.3 is 15.3 Å². The fourth-order valence-electron chi connectivity index (χ4n) is 2.01. The van der Waals surface area contributed by atoms with E-state index in [1.165, 1.54) is 6.07 Å². The lowest BCUT2D eigenvalue weighted by Gasteiger charge is -2.07. The van der Waals surface area contributed by atoms with Crippen molar-refractivity contribution >= 4 is 22.6 Å². The summed E-state index contributed by atoms with van der Waals surface area (Å²) < 4.78 is 37.3. The van der Waals surface area contributed by atoms with Crippen LogP contribution in [-0.2, 0) is 6.18 Å². The van der Waals surface area contributed by atoms with E-state index in [1.807, 2.05) is 0 Å². The number of anilines is 1. The first-order valence-corrected chi connectivity index (χ1v) is 6.39. The molecule has 3 N–H and O–H groups in total. The maximum absolute atomic E-state index is 12.4. The molecule has 118 valence electrons. The molecule has 0 unspecified atom stereocenters. The Morgan fingerprint density at radius 2 is 1.83 bits per heavy atom. The van der Waals surface area contributed by atoms with Crippen molar-refractivity contribution < 1.29 is 18.0 Å². The van der Waals surface area contributed by atoms with E-state index < -0.39 is 17.8 Å². The molecule has 0 fully saturated rings. The summed E-state index contributed by atoms with van der Waals surface area (Å²) >= 11 is 0. The number of carbonyl (C=O) groups excluding carboxylic acids is 1. The number of fused-ring (bicyclic) bond motifs is 1. The molecule has 0 aliphatic heterocycles. The molecule has 2 aromatic heterocycles. The van der Waals surface area contributed by atoms with Crippen LogP contribution in [0.2, 0.25) is 0 Å². The highest BCUT2D eigenvalue weighted by atomic mass is 19.4. The number of carbonyl (C=O) groups is 1. The predicted molar refractivity (Wildman–Crippen MR) is 76.1 cm³/mol. The lowest BCUT2D eigenvalue weighted by Crippen LogP contribution is -2.14. The van der Waals surface area contributed by atoms with Crippen molar-refractivity contribution in [3.63, 3.8) is 0 Å². The zero-order valence-electron chi connectivity index (χ0n) is 11.4. The van der Waals surface area contributed by atoms with Crippen molar-refractivity contribution in [2.24, 2.45) is 0 Å². The molecule has 1 amide bonds. The molecule has 0 radical (unpaired) electrons. The lowest BCUT2D eigenvalue weighted by atomic mass is 10.2. The normalized spacial score (nSPS) is 11.6. The van der Waals surface area contributed by atoms with E-state index >= 15 is 0 Å². The number of hydrogen-bond acceptors (Lipinski definition) is 3. The Morgan fingerprint density at radius 3 is 2.48 bits per heavy atom. The molecule has 0 aliphatic rings. The maximum atomic E-state index is 12.4. The van der Waals surface area contributed by atoms with Gasteiger partial charge in [0.25, 0.3) is 5.91 Å². The number of rotatable bonds is 2. The quantitative estimate of drug-likeness (QED) is 0.677. The second-order valence-corrected chi connectivity index (χ2v) is 4.72. The van der Waals surface area contributed by atoms with Crippen molar-refractivity contribution in [2.45, 2.75) is 6.18 Å². The summed E-state index contributed by atoms with van der Waals surface area (Å²) in [4.78, 5) is 31.5. The van der Waals surface area contributed by atoms with Gasteiger partial charge in [0, 0.05) is 11.9 Å². The minimum absolute atomic E-state index is 0.0133. The fraction of sp³-hybridized carbons (Fsp3) is 0.0714. The molecule has 1 aromatic carbocycles. The molecule has 0 atom stereocenters. The Bertz CT molecular complexity index is 926. The molecule has 0 saturated carbocycles. The van der Waals surface area contributed by atoms with Gasteiger partial charge in [-0.15, -0.1) is 0 Å². The number of aromatic amines is 2. The number of alkyl halides is 3. The molecular weight excluding hydrogens is 313 g/mol. The van der Waals surface area contributed by atoms with Crippen molar-refractivity contribution in [3.8, 4) is 0 Å². The Labute approximate surface area is 126 Å². The van der Waals surface area contributed by atoms with Gasteiger partial charge in [-0.25, -0.2) is 4.79 Å². The average Bonchev–Trinajstić information content (AvgIpc) is 2.86. The first-order chi connectivity index (χ1) is 10.8. The van der Waals surface area contributed by atoms with E-state index in [9.17, 15) is 22.8 Å². The molecule has 0 saturated heterocycles. The van der Waals surface area contributed by atoms with Crippen LogP contribution < -0.4 is 11.0 Å². The number of amides is 1. The molecule has 9 heteroatoms. The monoisotopic (exact) mass is 322 g/mol. The topological polar surface area (TPSA) is 90.6 Å². The van der Waals surface area contributed by atoms with Crippen LogP contribution in [0.3, 0.4) is 0 Å². The van der Waals surface area contributed by atoms with E-state index in [0.29, 0.717) is 16.7 Å². The van der Waals surface area contributed by atoms with Crippen LogP contribution in [-0.4, -0.2) is 20.9 Å². The molecule has 0 spiro atoms. The SMILES string of the molecule is O=C(Nc1ccc2[nH]c(=O)[nH]c2c1)c1ccc(C(F)(F)F)nc1. The number of nitrogens with zero attached hydrogens (tertiary/aromatic N) is 1. The number of aromatic nitrogens is 3. The fourth-order valence-corrected chi connectivity index (χ4v) is 2.01. The zero-order valence-corrected chi connectivity index (χ0v) is 11.4. The third-order valence-electron chi connectivity index (χ3n) is 3.09. The van der Waals surface area contributed by atoms with Crippen molar-refractivity contribution in [2.75, 3.05) is 5.32 Å². The van der Waals surface area contributed by atoms with Crippen molar-refractivity contribution in [1.82, 2.24) is 15.0 Å². The van der Waals surface area contributed by atoms with Gasteiger partial charge in [0.2, 0.25) is 0 Å². The predicted octanol–water partition coefficient (Wildman–Crippen LogP) is 2.52. The van der Waals surface area contributed by atoms with Crippen molar-refractivity contribution in [3.05, 3.63) is 58.3 Å². The molecular formula is C14H9F3N4O2. The number of halogens is 3. The van der Waals surface area contributed by atoms with Crippen LogP contribution in [0.5, 0.6) is 0 Å². The van der Waals surface area contributed by atoms with Gasteiger partial charge >= 0.3 is 11.9 Å². The van der Waals surface area contributed by atoms with E-state index in [1.54, 1.807) is 12.1 Å². The number of hydrogen-bond donors (Lipinski definition) is 3. The Morgan fingerprint density at radius 1 is 1.09 bits per heavy atom. The van der Waals surface area contributed by atoms with Gasteiger partial charge in [-0.05, 0) is 30.3 Å². The van der Waals surface area contributed by atoms with Gasteiger partial charge in [0.05, 0.1) is 16.6 Å². The number of nitrogens with one attached hydrogen (secondary N) is 3. The number of imidazole rings is 1. The standard InChI is InChI=1S/C14H9F3N4O2/c15-14(16,17)11-4-1-7(6-18-11)12(22)19-8-2-3-9-10(5-8)21-13(23)20-9/h1-6H,(H,19,22)(H2,20,21,23). The Balaban J connectivity index is 1.81. The highest BCUT2D eigenvalue weighted by molar-refractivity contribution is 6.04. The lowest BCUT2D eigenvalue weighted by molar-refractivity contribution is -0.141. The summed E-state index contributed by atoms with van der Waals surface area (Å²) in [5, 5.41) is 2.52. The number of benzene rings is 1. The van der Waals surface area contributed by atoms with Gasteiger partial charge in [0.15, 0.2) is 0 Å². The molecule has 3 rings (SSSR count). The van der Waals surface area contributed by atoms with Gasteiger partial charge in [0.1, 0.15) is 5.69 Å². The summed E-state index contributed by atoms with van der Waals surface area (Å²) in [7, 11) is 0. The van der Waals surface area contributed by atoms with Gasteiger partial charge in [-0.3, -0.25) is 9.78 Å². The van der Waals surface area contributed by atoms with Crippen LogP contribution in [0, 0.1) is 0 Å². The molecule has 0 aliphatic carbocycles. The molecule has 6 nitrogen and oxygen atoms in total. The zero-order chi connectivity index (χ0) is 16.6. The van der Waals surface area contributed by atoms with Gasteiger partial charge in [-0.1, -0.05) is 0 Å². The Kier molecular flexibility index (Phi) is 3.40. The largest absolute Gasteiger partial charge is 0.433 e. The van der Waals surface area contributed by atoms with Crippen LogP contribution >= 0.6 is 0 Å². The van der Waals surface area contributed by atoms with Crippen molar-refractivity contribution in [1.29, 1.82) is 0 Å². The molecule has 23 heavy (non-hydrogen) atoms. The summed E-state index contributed by atoms with van der Waals surface area (Å²) in [6.07, 6.45) is -3.70. The second-order valence-electron chi connectivity index (χ2n) is 4.72. The summed E-state index contributed by atoms with van der Waals surface area (Å²) in [5.74, 6) is -0.608. The number of H-pyrrole nitrogens is 2. The van der Waals surface area contributed by atoms with Crippen LogP contribution in [0.25, 0.3) is 11.0 Å². The van der Waals surface area contributed by atoms with E-state index in [2.05, 4.69) is 20.3 Å². The Hall–Kier alpha value is -3.10. The third-order valence-corrected chi connectivity index (χ3v) is 3.09. The van der Waals surface area contributed by atoms with Gasteiger partial charge in [-0.2, -0.15) is 13.2 Å². The second kappa shape index (κ2) is 5.27. The minimum atomic E-state index is -4.56. The molecule has 3 aromatic rings. The van der Waals surface area contributed by atoms with E-state index in [-0.39, 0.29) is 11.3 Å².